The molecule has 0 fully saturated rings. The molecular formula is C13H11IN2O4S. The van der Waals surface area contributed by atoms with Crippen LogP contribution < -0.4 is 4.72 Å². The average molecular weight is 418 g/mol. The van der Waals surface area contributed by atoms with Crippen LogP contribution >= 0.6 is 22.6 Å². The van der Waals surface area contributed by atoms with Gasteiger partial charge >= 0.3 is 0 Å². The van der Waals surface area contributed by atoms with Crippen LogP contribution in [0.5, 0.6) is 0 Å². The van der Waals surface area contributed by atoms with Gasteiger partial charge in [-0.05, 0) is 47.2 Å². The van der Waals surface area contributed by atoms with Crippen molar-refractivity contribution >= 4 is 44.0 Å². The van der Waals surface area contributed by atoms with E-state index in [2.05, 4.69) is 4.72 Å². The van der Waals surface area contributed by atoms with Crippen molar-refractivity contribution in [2.75, 3.05) is 4.72 Å². The van der Waals surface area contributed by atoms with Crippen molar-refractivity contribution in [3.8, 4) is 0 Å². The summed E-state index contributed by atoms with van der Waals surface area (Å²) in [4.78, 5) is 10.0. The number of hydrogen-bond acceptors (Lipinski definition) is 4. The summed E-state index contributed by atoms with van der Waals surface area (Å²) in [6.45, 7) is 1.53. The van der Waals surface area contributed by atoms with Crippen LogP contribution in [0.3, 0.4) is 0 Å². The summed E-state index contributed by atoms with van der Waals surface area (Å²) < 4.78 is 28.1. The van der Waals surface area contributed by atoms with Crippen LogP contribution in [-0.2, 0) is 10.0 Å². The van der Waals surface area contributed by atoms with Crippen molar-refractivity contribution in [1.82, 2.24) is 0 Å². The standard InChI is InChI=1S/C13H11IN2O4S/c1-9-5-4-8-12(16(17)18)13(9)21(19,20)15-11-7-3-2-6-10(11)14/h2-8,15H,1H3. The molecular weight excluding hydrogens is 407 g/mol. The van der Waals surface area contributed by atoms with Crippen LogP contribution in [0, 0.1) is 20.6 Å². The van der Waals surface area contributed by atoms with Crippen molar-refractivity contribution in [1.29, 1.82) is 0 Å². The van der Waals surface area contributed by atoms with E-state index in [9.17, 15) is 18.5 Å². The van der Waals surface area contributed by atoms with Crippen molar-refractivity contribution in [2.24, 2.45) is 0 Å². The summed E-state index contributed by atoms with van der Waals surface area (Å²) in [5.74, 6) is 0. The topological polar surface area (TPSA) is 89.3 Å². The third-order valence-electron chi connectivity index (χ3n) is 2.77. The first kappa shape index (κ1) is 15.7. The summed E-state index contributed by atoms with van der Waals surface area (Å²) >= 11 is 1.99. The number of rotatable bonds is 4. The van der Waals surface area contributed by atoms with Gasteiger partial charge in [0.2, 0.25) is 0 Å². The summed E-state index contributed by atoms with van der Waals surface area (Å²) in [6.07, 6.45) is 0. The van der Waals surface area contributed by atoms with Gasteiger partial charge < -0.3 is 0 Å². The lowest BCUT2D eigenvalue weighted by molar-refractivity contribution is -0.387. The Morgan fingerprint density at radius 1 is 1.14 bits per heavy atom. The van der Waals surface area contributed by atoms with Gasteiger partial charge in [0, 0.05) is 9.64 Å². The highest BCUT2D eigenvalue weighted by Crippen LogP contribution is 2.29. The van der Waals surface area contributed by atoms with Crippen LogP contribution in [0.2, 0.25) is 0 Å². The van der Waals surface area contributed by atoms with E-state index < -0.39 is 20.6 Å². The van der Waals surface area contributed by atoms with E-state index in [0.717, 1.165) is 0 Å². The molecule has 2 aromatic carbocycles. The molecule has 6 nitrogen and oxygen atoms in total. The molecule has 0 radical (unpaired) electrons. The predicted octanol–water partition coefficient (Wildman–Crippen LogP) is 3.31. The van der Waals surface area contributed by atoms with Crippen LogP contribution in [-0.4, -0.2) is 13.3 Å². The minimum Gasteiger partial charge on any atom is -0.278 e. The van der Waals surface area contributed by atoms with Crippen molar-refractivity contribution in [3.63, 3.8) is 0 Å². The van der Waals surface area contributed by atoms with E-state index in [0.29, 0.717) is 14.8 Å². The molecule has 110 valence electrons. The SMILES string of the molecule is Cc1cccc([N+](=O)[O-])c1S(=O)(=O)Nc1ccccc1I. The van der Waals surface area contributed by atoms with Gasteiger partial charge in [-0.1, -0.05) is 24.3 Å². The fourth-order valence-electron chi connectivity index (χ4n) is 1.87. The average Bonchev–Trinajstić information content (AvgIpc) is 2.40. The molecule has 0 saturated carbocycles. The van der Waals surface area contributed by atoms with Gasteiger partial charge in [0.05, 0.1) is 10.6 Å². The van der Waals surface area contributed by atoms with Crippen LogP contribution in [0.25, 0.3) is 0 Å². The van der Waals surface area contributed by atoms with E-state index in [1.54, 1.807) is 24.3 Å². The molecule has 0 aliphatic carbocycles. The largest absolute Gasteiger partial charge is 0.290 e. The Balaban J connectivity index is 2.56. The van der Waals surface area contributed by atoms with Gasteiger partial charge in [-0.3, -0.25) is 14.8 Å². The molecule has 0 heterocycles. The minimum atomic E-state index is -4.04. The maximum atomic E-state index is 12.5. The van der Waals surface area contributed by atoms with Crippen LogP contribution in [0.1, 0.15) is 5.56 Å². The fraction of sp³-hybridized carbons (Fsp3) is 0.0769. The van der Waals surface area contributed by atoms with Crippen LogP contribution in [0.15, 0.2) is 47.4 Å². The van der Waals surface area contributed by atoms with Crippen LogP contribution in [0.4, 0.5) is 11.4 Å². The Kier molecular flexibility index (Phi) is 4.47. The second-order valence-electron chi connectivity index (χ2n) is 4.27. The number of sulfonamides is 1. The minimum absolute atomic E-state index is 0.311. The molecule has 0 atom stereocenters. The molecule has 8 heteroatoms. The Labute approximate surface area is 135 Å². The number of nitrogens with one attached hydrogen (secondary N) is 1. The monoisotopic (exact) mass is 418 g/mol. The summed E-state index contributed by atoms with van der Waals surface area (Å²) in [7, 11) is -4.04. The molecule has 0 amide bonds. The number of para-hydroxylation sites is 1. The number of nitro groups is 1. The van der Waals surface area contributed by atoms with Crippen molar-refractivity contribution in [3.05, 3.63) is 61.7 Å². The Morgan fingerprint density at radius 2 is 1.81 bits per heavy atom. The molecule has 0 bridgehead atoms. The second kappa shape index (κ2) is 5.98. The second-order valence-corrected chi connectivity index (χ2v) is 7.05. The van der Waals surface area contributed by atoms with Crippen molar-refractivity contribution < 1.29 is 13.3 Å². The summed E-state index contributed by atoms with van der Waals surface area (Å²) in [6, 6.07) is 11.0. The molecule has 0 unspecified atom stereocenters. The Hall–Kier alpha value is -1.68. The number of halogens is 1. The molecule has 21 heavy (non-hydrogen) atoms. The first-order chi connectivity index (χ1) is 9.83. The summed E-state index contributed by atoms with van der Waals surface area (Å²) in [5, 5.41) is 11.1. The lowest BCUT2D eigenvalue weighted by Crippen LogP contribution is -2.16. The number of benzene rings is 2. The quantitative estimate of drug-likeness (QED) is 0.469. The normalized spacial score (nSPS) is 11.1. The molecule has 0 aliphatic rings. The number of nitrogens with zero attached hydrogens (tertiary/aromatic N) is 1. The number of aryl methyl sites for hydroxylation is 1. The van der Waals surface area contributed by atoms with E-state index in [-0.39, 0.29) is 4.90 Å². The van der Waals surface area contributed by atoms with Crippen molar-refractivity contribution in [2.45, 2.75) is 11.8 Å². The lowest BCUT2D eigenvalue weighted by atomic mass is 10.2. The number of nitro benzene ring substituents is 1. The zero-order valence-corrected chi connectivity index (χ0v) is 13.9. The zero-order valence-electron chi connectivity index (χ0n) is 10.9. The number of anilines is 1. The van der Waals surface area contributed by atoms with E-state index in [4.69, 9.17) is 0 Å². The van der Waals surface area contributed by atoms with Gasteiger partial charge in [0.15, 0.2) is 4.90 Å². The predicted molar refractivity (Wildman–Crippen MR) is 87.8 cm³/mol. The molecule has 2 rings (SSSR count). The van der Waals surface area contributed by atoms with E-state index >= 15 is 0 Å². The fourth-order valence-corrected chi connectivity index (χ4v) is 4.05. The molecule has 0 aliphatic heterocycles. The highest BCUT2D eigenvalue weighted by atomic mass is 127. The van der Waals surface area contributed by atoms with Gasteiger partial charge in [-0.15, -0.1) is 0 Å². The summed E-state index contributed by atoms with van der Waals surface area (Å²) in [5.41, 5.74) is 0.270. The molecule has 0 spiro atoms. The Bertz CT molecular complexity index is 806. The number of hydrogen-bond donors (Lipinski definition) is 1. The van der Waals surface area contributed by atoms with E-state index in [1.165, 1.54) is 25.1 Å². The Morgan fingerprint density at radius 3 is 2.43 bits per heavy atom. The molecule has 0 aromatic heterocycles. The highest BCUT2D eigenvalue weighted by Gasteiger charge is 2.28. The molecule has 0 saturated heterocycles. The third kappa shape index (κ3) is 3.32. The lowest BCUT2D eigenvalue weighted by Gasteiger charge is -2.11. The smallest absolute Gasteiger partial charge is 0.278 e. The van der Waals surface area contributed by atoms with Gasteiger partial charge in [0.25, 0.3) is 15.7 Å². The first-order valence-corrected chi connectivity index (χ1v) is 8.40. The first-order valence-electron chi connectivity index (χ1n) is 5.84. The molecule has 1 N–H and O–H groups in total. The van der Waals surface area contributed by atoms with E-state index in [1.807, 2.05) is 22.6 Å². The van der Waals surface area contributed by atoms with Gasteiger partial charge in [0.1, 0.15) is 0 Å². The molecule has 2 aromatic rings. The zero-order chi connectivity index (χ0) is 15.6. The third-order valence-corrected chi connectivity index (χ3v) is 5.27. The van der Waals surface area contributed by atoms with Gasteiger partial charge in [-0.25, -0.2) is 8.42 Å². The highest BCUT2D eigenvalue weighted by molar-refractivity contribution is 14.1. The maximum absolute atomic E-state index is 12.5. The maximum Gasteiger partial charge on any atom is 0.290 e. The van der Waals surface area contributed by atoms with Gasteiger partial charge in [-0.2, -0.15) is 0 Å².